The molecular formula is C26H29FN6O. The van der Waals surface area contributed by atoms with Crippen molar-refractivity contribution in [2.75, 3.05) is 13.6 Å². The van der Waals surface area contributed by atoms with Gasteiger partial charge in [0, 0.05) is 36.7 Å². The summed E-state index contributed by atoms with van der Waals surface area (Å²) < 4.78 is 14.9. The number of carbonyl (C=O) groups excluding carboxylic acids is 1. The average Bonchev–Trinajstić information content (AvgIpc) is 3.44. The van der Waals surface area contributed by atoms with Crippen molar-refractivity contribution in [3.8, 4) is 17.1 Å². The van der Waals surface area contributed by atoms with Gasteiger partial charge in [0.1, 0.15) is 5.82 Å². The van der Waals surface area contributed by atoms with Crippen LogP contribution in [-0.4, -0.2) is 49.4 Å². The number of benzene rings is 1. The number of rotatable bonds is 9. The number of nitrogens with zero attached hydrogens (tertiary/aromatic N) is 5. The van der Waals surface area contributed by atoms with Gasteiger partial charge in [-0.15, -0.1) is 0 Å². The molecule has 1 amide bonds. The SMILES string of the molecule is Cc1cc(C)n(-c2ccc(C(=O)N(C)CCCCCc3cc(-c4ccc(F)cc4)n[nH]3)cn2)n1. The summed E-state index contributed by atoms with van der Waals surface area (Å²) >= 11 is 0. The second kappa shape index (κ2) is 10.4. The molecule has 3 aromatic heterocycles. The molecule has 0 aliphatic rings. The molecule has 34 heavy (non-hydrogen) atoms. The minimum absolute atomic E-state index is 0.0371. The highest BCUT2D eigenvalue weighted by Crippen LogP contribution is 2.19. The summed E-state index contributed by atoms with van der Waals surface area (Å²) in [6.45, 7) is 4.60. The van der Waals surface area contributed by atoms with Gasteiger partial charge in [-0.05, 0) is 81.6 Å². The molecule has 1 N–H and O–H groups in total. The van der Waals surface area contributed by atoms with Crippen molar-refractivity contribution < 1.29 is 9.18 Å². The lowest BCUT2D eigenvalue weighted by molar-refractivity contribution is 0.0792. The summed E-state index contributed by atoms with van der Waals surface area (Å²) in [7, 11) is 1.82. The number of pyridine rings is 1. The second-order valence-corrected chi connectivity index (χ2v) is 8.57. The average molecular weight is 461 g/mol. The Morgan fingerprint density at radius 2 is 1.85 bits per heavy atom. The minimum atomic E-state index is -0.254. The highest BCUT2D eigenvalue weighted by atomic mass is 19.1. The van der Waals surface area contributed by atoms with E-state index in [2.05, 4.69) is 20.3 Å². The normalized spacial score (nSPS) is 11.1. The quantitative estimate of drug-likeness (QED) is 0.360. The van der Waals surface area contributed by atoms with Gasteiger partial charge >= 0.3 is 0 Å². The zero-order valence-electron chi connectivity index (χ0n) is 19.8. The van der Waals surface area contributed by atoms with Crippen molar-refractivity contribution in [2.45, 2.75) is 39.5 Å². The fraction of sp³-hybridized carbons (Fsp3) is 0.308. The lowest BCUT2D eigenvalue weighted by Gasteiger charge is -2.17. The number of H-pyrrole nitrogens is 1. The van der Waals surface area contributed by atoms with E-state index in [4.69, 9.17) is 0 Å². The predicted octanol–water partition coefficient (Wildman–Crippen LogP) is 4.90. The number of aryl methyl sites for hydroxylation is 3. The first-order chi connectivity index (χ1) is 16.4. The van der Waals surface area contributed by atoms with Gasteiger partial charge < -0.3 is 4.90 Å². The van der Waals surface area contributed by atoms with E-state index in [0.29, 0.717) is 17.9 Å². The van der Waals surface area contributed by atoms with Crippen molar-refractivity contribution >= 4 is 5.91 Å². The molecule has 0 aliphatic carbocycles. The Labute approximate surface area is 198 Å². The Bertz CT molecular complexity index is 1240. The zero-order chi connectivity index (χ0) is 24.1. The molecule has 0 aliphatic heterocycles. The van der Waals surface area contributed by atoms with E-state index in [1.807, 2.05) is 39.1 Å². The molecule has 176 valence electrons. The lowest BCUT2D eigenvalue weighted by Crippen LogP contribution is -2.27. The molecule has 0 radical (unpaired) electrons. The Balaban J connectivity index is 1.21. The Morgan fingerprint density at radius 1 is 1.06 bits per heavy atom. The highest BCUT2D eigenvalue weighted by Gasteiger charge is 2.13. The van der Waals surface area contributed by atoms with Crippen molar-refractivity contribution in [3.05, 3.63) is 83.2 Å². The third-order valence-corrected chi connectivity index (χ3v) is 5.78. The molecule has 0 bridgehead atoms. The van der Waals surface area contributed by atoms with Gasteiger partial charge in [0.05, 0.1) is 17.0 Å². The van der Waals surface area contributed by atoms with Crippen LogP contribution in [0, 0.1) is 19.7 Å². The van der Waals surface area contributed by atoms with E-state index in [1.54, 1.807) is 34.0 Å². The van der Waals surface area contributed by atoms with Crippen LogP contribution in [-0.2, 0) is 6.42 Å². The summed E-state index contributed by atoms with van der Waals surface area (Å²) in [5.74, 6) is 0.409. The minimum Gasteiger partial charge on any atom is -0.342 e. The van der Waals surface area contributed by atoms with Crippen LogP contribution in [0.15, 0.2) is 54.7 Å². The van der Waals surface area contributed by atoms with E-state index in [0.717, 1.165) is 54.0 Å². The van der Waals surface area contributed by atoms with Crippen LogP contribution in [0.2, 0.25) is 0 Å². The Hall–Kier alpha value is -3.81. The standard InChI is InChI=1S/C26H29FN6O/c1-18-15-19(2)33(31-18)25-13-10-21(17-28-25)26(34)32(3)14-6-4-5-7-23-16-24(30-29-23)20-8-11-22(27)12-9-20/h8-13,15-17H,4-7,14H2,1-3H3,(H,29,30). The maximum Gasteiger partial charge on any atom is 0.255 e. The molecule has 0 atom stereocenters. The van der Waals surface area contributed by atoms with Crippen LogP contribution in [0.3, 0.4) is 0 Å². The highest BCUT2D eigenvalue weighted by molar-refractivity contribution is 5.93. The molecule has 0 saturated carbocycles. The summed E-state index contributed by atoms with van der Waals surface area (Å²) in [4.78, 5) is 18.9. The van der Waals surface area contributed by atoms with Gasteiger partial charge in [0.25, 0.3) is 5.91 Å². The number of amides is 1. The fourth-order valence-electron chi connectivity index (χ4n) is 3.92. The zero-order valence-corrected chi connectivity index (χ0v) is 19.8. The molecule has 4 rings (SSSR count). The number of hydrogen-bond acceptors (Lipinski definition) is 4. The Morgan fingerprint density at radius 3 is 2.53 bits per heavy atom. The van der Waals surface area contributed by atoms with E-state index < -0.39 is 0 Å². The van der Waals surface area contributed by atoms with Gasteiger partial charge in [0.15, 0.2) is 5.82 Å². The number of aromatic amines is 1. The van der Waals surface area contributed by atoms with Crippen LogP contribution in [0.1, 0.15) is 46.7 Å². The molecule has 7 nitrogen and oxygen atoms in total. The van der Waals surface area contributed by atoms with Gasteiger partial charge in [0.2, 0.25) is 0 Å². The van der Waals surface area contributed by atoms with Crippen LogP contribution in [0.25, 0.3) is 17.1 Å². The summed E-state index contributed by atoms with van der Waals surface area (Å²) in [5.41, 5.74) is 5.26. The summed E-state index contributed by atoms with van der Waals surface area (Å²) in [6.07, 6.45) is 5.40. The van der Waals surface area contributed by atoms with Crippen molar-refractivity contribution in [1.29, 1.82) is 0 Å². The molecule has 1 aromatic carbocycles. The molecule has 8 heteroatoms. The Kier molecular flexibility index (Phi) is 7.15. The molecule has 0 saturated heterocycles. The third kappa shape index (κ3) is 5.57. The molecule has 0 spiro atoms. The van der Waals surface area contributed by atoms with Crippen LogP contribution in [0.5, 0.6) is 0 Å². The van der Waals surface area contributed by atoms with Crippen molar-refractivity contribution in [1.82, 2.24) is 29.9 Å². The van der Waals surface area contributed by atoms with Gasteiger partial charge in [-0.1, -0.05) is 6.42 Å². The molecular weight excluding hydrogens is 431 g/mol. The monoisotopic (exact) mass is 460 g/mol. The van der Waals surface area contributed by atoms with Crippen molar-refractivity contribution in [3.63, 3.8) is 0 Å². The van der Waals surface area contributed by atoms with E-state index in [9.17, 15) is 9.18 Å². The van der Waals surface area contributed by atoms with Crippen molar-refractivity contribution in [2.24, 2.45) is 0 Å². The molecule has 0 fully saturated rings. The lowest BCUT2D eigenvalue weighted by atomic mass is 10.1. The summed E-state index contributed by atoms with van der Waals surface area (Å²) in [5, 5.41) is 11.8. The fourth-order valence-corrected chi connectivity index (χ4v) is 3.92. The number of carbonyl (C=O) groups is 1. The first-order valence-corrected chi connectivity index (χ1v) is 11.5. The molecule has 3 heterocycles. The van der Waals surface area contributed by atoms with Crippen LogP contribution < -0.4 is 0 Å². The van der Waals surface area contributed by atoms with Crippen LogP contribution >= 0.6 is 0 Å². The predicted molar refractivity (Wildman–Crippen MR) is 129 cm³/mol. The largest absolute Gasteiger partial charge is 0.342 e. The van der Waals surface area contributed by atoms with Gasteiger partial charge in [-0.25, -0.2) is 14.1 Å². The number of aromatic nitrogens is 5. The maximum atomic E-state index is 13.1. The number of hydrogen-bond donors (Lipinski definition) is 1. The van der Waals surface area contributed by atoms with Gasteiger partial charge in [-0.3, -0.25) is 9.89 Å². The first kappa shape index (κ1) is 23.4. The number of unbranched alkanes of at least 4 members (excludes halogenated alkanes) is 2. The third-order valence-electron chi connectivity index (χ3n) is 5.78. The topological polar surface area (TPSA) is 79.7 Å². The van der Waals surface area contributed by atoms with E-state index in [1.165, 1.54) is 12.1 Å². The summed E-state index contributed by atoms with van der Waals surface area (Å²) in [6, 6.07) is 14.0. The molecule has 4 aromatic rings. The first-order valence-electron chi connectivity index (χ1n) is 11.5. The second-order valence-electron chi connectivity index (χ2n) is 8.57. The van der Waals surface area contributed by atoms with E-state index >= 15 is 0 Å². The number of nitrogens with one attached hydrogen (secondary N) is 1. The number of halogens is 1. The smallest absolute Gasteiger partial charge is 0.255 e. The maximum absolute atomic E-state index is 13.1. The van der Waals surface area contributed by atoms with E-state index in [-0.39, 0.29) is 11.7 Å². The van der Waals surface area contributed by atoms with Crippen LogP contribution in [0.4, 0.5) is 4.39 Å². The van der Waals surface area contributed by atoms with Gasteiger partial charge in [-0.2, -0.15) is 10.2 Å². The molecule has 0 unspecified atom stereocenters.